The predicted molar refractivity (Wildman–Crippen MR) is 98.5 cm³/mol. The Morgan fingerprint density at radius 2 is 1.65 bits per heavy atom. The molecule has 0 unspecified atom stereocenters. The quantitative estimate of drug-likeness (QED) is 0.372. The smallest absolute Gasteiger partial charge is 0.310 e. The number of Topliss-reactive ketones (excluding diaryl/α,β-unsaturated/α-hetero) is 2. The Balaban J connectivity index is 2.34. The van der Waals surface area contributed by atoms with E-state index in [9.17, 15) is 19.2 Å². The zero-order valence-electron chi connectivity index (χ0n) is 15.3. The fourth-order valence-corrected chi connectivity index (χ4v) is 2.27. The molecule has 0 aromatic heterocycles. The number of rotatable bonds is 11. The summed E-state index contributed by atoms with van der Waals surface area (Å²) in [6.45, 7) is 6.47. The molecule has 26 heavy (non-hydrogen) atoms. The number of allylic oxidation sites excluding steroid dienone is 1. The van der Waals surface area contributed by atoms with Crippen LogP contribution < -0.4 is 5.32 Å². The zero-order chi connectivity index (χ0) is 19.5. The number of amides is 1. The van der Waals surface area contributed by atoms with Gasteiger partial charge in [-0.15, -0.1) is 0 Å². The summed E-state index contributed by atoms with van der Waals surface area (Å²) in [6.07, 6.45) is 1.64. The van der Waals surface area contributed by atoms with E-state index in [0.29, 0.717) is 30.7 Å². The Hall–Kier alpha value is -2.76. The molecule has 0 saturated carbocycles. The van der Waals surface area contributed by atoms with Gasteiger partial charge in [-0.05, 0) is 44.4 Å². The molecule has 0 aliphatic rings. The summed E-state index contributed by atoms with van der Waals surface area (Å²) in [6, 6.07) is 7.19. The SMILES string of the molecule is C=C(C)OC(=O)CCCC(=O)Nc1ccc(CCC(=O)CC(C)=O)cc1. The second kappa shape index (κ2) is 11.0. The van der Waals surface area contributed by atoms with Crippen molar-refractivity contribution in [3.05, 3.63) is 42.2 Å². The van der Waals surface area contributed by atoms with Crippen LogP contribution in [0.2, 0.25) is 0 Å². The van der Waals surface area contributed by atoms with Crippen LogP contribution in [0.4, 0.5) is 5.69 Å². The van der Waals surface area contributed by atoms with E-state index < -0.39 is 5.97 Å². The highest BCUT2D eigenvalue weighted by molar-refractivity contribution is 5.98. The van der Waals surface area contributed by atoms with Crippen LogP contribution in [0.1, 0.15) is 51.5 Å². The zero-order valence-corrected chi connectivity index (χ0v) is 15.3. The number of nitrogens with one attached hydrogen (secondary N) is 1. The van der Waals surface area contributed by atoms with Crippen molar-refractivity contribution in [3.8, 4) is 0 Å². The molecular formula is C20H25NO5. The van der Waals surface area contributed by atoms with E-state index in [-0.39, 0.29) is 36.7 Å². The van der Waals surface area contributed by atoms with Crippen molar-refractivity contribution in [1.29, 1.82) is 0 Å². The molecule has 6 heteroatoms. The van der Waals surface area contributed by atoms with Gasteiger partial charge < -0.3 is 10.1 Å². The van der Waals surface area contributed by atoms with E-state index in [0.717, 1.165) is 5.56 Å². The van der Waals surface area contributed by atoms with Gasteiger partial charge in [0.2, 0.25) is 5.91 Å². The fraction of sp³-hybridized carbons (Fsp3) is 0.400. The monoisotopic (exact) mass is 359 g/mol. The number of aryl methyl sites for hydroxylation is 1. The molecule has 0 aliphatic carbocycles. The van der Waals surface area contributed by atoms with Gasteiger partial charge in [0.1, 0.15) is 11.6 Å². The lowest BCUT2D eigenvalue weighted by molar-refractivity contribution is -0.139. The highest BCUT2D eigenvalue weighted by Crippen LogP contribution is 2.13. The van der Waals surface area contributed by atoms with Crippen LogP contribution in [-0.2, 0) is 30.3 Å². The van der Waals surface area contributed by atoms with Crippen molar-refractivity contribution in [2.75, 3.05) is 5.32 Å². The third-order valence-corrected chi connectivity index (χ3v) is 3.45. The van der Waals surface area contributed by atoms with Crippen molar-refractivity contribution in [1.82, 2.24) is 0 Å². The van der Waals surface area contributed by atoms with Crippen molar-refractivity contribution < 1.29 is 23.9 Å². The molecule has 0 radical (unpaired) electrons. The van der Waals surface area contributed by atoms with E-state index >= 15 is 0 Å². The van der Waals surface area contributed by atoms with E-state index in [1.54, 1.807) is 19.1 Å². The molecule has 1 aromatic carbocycles. The molecule has 0 bridgehead atoms. The van der Waals surface area contributed by atoms with Crippen LogP contribution in [-0.4, -0.2) is 23.4 Å². The first-order valence-electron chi connectivity index (χ1n) is 8.52. The molecule has 0 heterocycles. The van der Waals surface area contributed by atoms with Crippen LogP contribution in [0.25, 0.3) is 0 Å². The molecule has 1 aromatic rings. The number of hydrogen-bond donors (Lipinski definition) is 1. The lowest BCUT2D eigenvalue weighted by Gasteiger charge is -2.07. The van der Waals surface area contributed by atoms with Crippen molar-refractivity contribution in [3.63, 3.8) is 0 Å². The number of anilines is 1. The van der Waals surface area contributed by atoms with Crippen LogP contribution >= 0.6 is 0 Å². The second-order valence-electron chi connectivity index (χ2n) is 6.19. The summed E-state index contributed by atoms with van der Waals surface area (Å²) in [7, 11) is 0. The van der Waals surface area contributed by atoms with E-state index in [1.165, 1.54) is 6.92 Å². The summed E-state index contributed by atoms with van der Waals surface area (Å²) in [5.74, 6) is -0.435. The van der Waals surface area contributed by atoms with Gasteiger partial charge in [0.25, 0.3) is 0 Å². The third kappa shape index (κ3) is 9.52. The molecule has 0 fully saturated rings. The Kier molecular flexibility index (Phi) is 8.98. The fourth-order valence-electron chi connectivity index (χ4n) is 2.27. The van der Waals surface area contributed by atoms with Gasteiger partial charge in [-0.25, -0.2) is 0 Å². The highest BCUT2D eigenvalue weighted by atomic mass is 16.5. The normalized spacial score (nSPS) is 10.1. The minimum atomic E-state index is -0.394. The molecule has 140 valence electrons. The third-order valence-electron chi connectivity index (χ3n) is 3.45. The average Bonchev–Trinajstić information content (AvgIpc) is 2.53. The Morgan fingerprint density at radius 3 is 2.23 bits per heavy atom. The Bertz CT molecular complexity index is 676. The number of esters is 1. The molecule has 6 nitrogen and oxygen atoms in total. The molecule has 0 aliphatic heterocycles. The summed E-state index contributed by atoms with van der Waals surface area (Å²) in [5.41, 5.74) is 1.61. The molecule has 0 spiro atoms. The number of ketones is 2. The molecule has 1 amide bonds. The first kappa shape index (κ1) is 21.3. The number of hydrogen-bond acceptors (Lipinski definition) is 5. The maximum absolute atomic E-state index is 11.9. The molecule has 0 atom stereocenters. The second-order valence-corrected chi connectivity index (χ2v) is 6.19. The first-order chi connectivity index (χ1) is 12.3. The Labute approximate surface area is 153 Å². The number of carbonyl (C=O) groups is 4. The van der Waals surface area contributed by atoms with Crippen LogP contribution in [0.5, 0.6) is 0 Å². The summed E-state index contributed by atoms with van der Waals surface area (Å²) >= 11 is 0. The number of ether oxygens (including phenoxy) is 1. The van der Waals surface area contributed by atoms with Gasteiger partial charge in [0.05, 0.1) is 12.2 Å². The number of carbonyl (C=O) groups excluding carboxylic acids is 4. The van der Waals surface area contributed by atoms with E-state index in [1.807, 2.05) is 12.1 Å². The number of benzene rings is 1. The van der Waals surface area contributed by atoms with Gasteiger partial charge in [-0.1, -0.05) is 18.7 Å². The maximum Gasteiger partial charge on any atom is 0.310 e. The molecule has 1 N–H and O–H groups in total. The van der Waals surface area contributed by atoms with Gasteiger partial charge in [-0.3, -0.25) is 19.2 Å². The van der Waals surface area contributed by atoms with Crippen LogP contribution in [0, 0.1) is 0 Å². The summed E-state index contributed by atoms with van der Waals surface area (Å²) in [5, 5.41) is 2.75. The van der Waals surface area contributed by atoms with Gasteiger partial charge >= 0.3 is 5.97 Å². The first-order valence-corrected chi connectivity index (χ1v) is 8.52. The van der Waals surface area contributed by atoms with Crippen molar-refractivity contribution in [2.24, 2.45) is 0 Å². The topological polar surface area (TPSA) is 89.5 Å². The molecule has 1 rings (SSSR count). The highest BCUT2D eigenvalue weighted by Gasteiger charge is 2.08. The van der Waals surface area contributed by atoms with E-state index in [2.05, 4.69) is 11.9 Å². The minimum Gasteiger partial charge on any atom is -0.432 e. The largest absolute Gasteiger partial charge is 0.432 e. The molecule has 0 saturated heterocycles. The van der Waals surface area contributed by atoms with Gasteiger partial charge in [-0.2, -0.15) is 0 Å². The lowest BCUT2D eigenvalue weighted by Crippen LogP contribution is -2.12. The standard InChI is InChI=1S/C20H25NO5/c1-14(2)26-20(25)6-4-5-19(24)21-17-10-7-16(8-11-17)9-12-18(23)13-15(3)22/h7-8,10-11H,1,4-6,9,12-13H2,2-3H3,(H,21,24). The lowest BCUT2D eigenvalue weighted by atomic mass is 10.0. The van der Waals surface area contributed by atoms with Crippen LogP contribution in [0.3, 0.4) is 0 Å². The predicted octanol–water partition coefficient (Wildman–Crippen LogP) is 3.35. The average molecular weight is 359 g/mol. The van der Waals surface area contributed by atoms with Gasteiger partial charge in [0.15, 0.2) is 0 Å². The summed E-state index contributed by atoms with van der Waals surface area (Å²) in [4.78, 5) is 45.6. The Morgan fingerprint density at radius 1 is 1.00 bits per heavy atom. The minimum absolute atomic E-state index is 0.0198. The van der Waals surface area contributed by atoms with Gasteiger partial charge in [0, 0.05) is 24.9 Å². The van der Waals surface area contributed by atoms with Crippen LogP contribution in [0.15, 0.2) is 36.6 Å². The summed E-state index contributed by atoms with van der Waals surface area (Å²) < 4.78 is 4.82. The maximum atomic E-state index is 11.9. The van der Waals surface area contributed by atoms with Crippen molar-refractivity contribution in [2.45, 2.75) is 52.4 Å². The van der Waals surface area contributed by atoms with E-state index in [4.69, 9.17) is 4.74 Å². The van der Waals surface area contributed by atoms with Crippen molar-refractivity contribution >= 4 is 29.1 Å². The molecular weight excluding hydrogens is 334 g/mol.